The number of aromatic nitrogens is 2. The lowest BCUT2D eigenvalue weighted by atomic mass is 10.1. The highest BCUT2D eigenvalue weighted by atomic mass is 15.1. The highest BCUT2D eigenvalue weighted by molar-refractivity contribution is 5.77. The van der Waals surface area contributed by atoms with Crippen LogP contribution in [0.3, 0.4) is 0 Å². The van der Waals surface area contributed by atoms with Crippen LogP contribution in [0.2, 0.25) is 0 Å². The molecule has 1 heterocycles. The smallest absolute Gasteiger partial charge is 0.0961 e. The summed E-state index contributed by atoms with van der Waals surface area (Å²) in [5.74, 6) is 0. The Morgan fingerprint density at radius 3 is 2.55 bits per heavy atom. The summed E-state index contributed by atoms with van der Waals surface area (Å²) in [7, 11) is 0. The molecule has 1 N–H and O–H groups in total. The van der Waals surface area contributed by atoms with E-state index in [9.17, 15) is 0 Å². The molecule has 110 valence electrons. The largest absolute Gasteiger partial charge is 0.326 e. The lowest BCUT2D eigenvalue weighted by molar-refractivity contribution is 0.418. The van der Waals surface area contributed by atoms with E-state index in [1.165, 1.54) is 29.5 Å². The summed E-state index contributed by atoms with van der Waals surface area (Å²) in [6.45, 7) is 12.0. The van der Waals surface area contributed by atoms with Crippen LogP contribution in [-0.4, -0.2) is 22.1 Å². The lowest BCUT2D eigenvalue weighted by Crippen LogP contribution is -2.30. The SMILES string of the molecule is CCCC(CNC(C)C)n1cnc2cc(C)c(C)cc21. The highest BCUT2D eigenvalue weighted by Gasteiger charge is 2.14. The van der Waals surface area contributed by atoms with Gasteiger partial charge in [-0.25, -0.2) is 4.98 Å². The van der Waals surface area contributed by atoms with Crippen LogP contribution in [0.5, 0.6) is 0 Å². The van der Waals surface area contributed by atoms with Crippen LogP contribution in [0.25, 0.3) is 11.0 Å². The molecule has 1 aromatic carbocycles. The summed E-state index contributed by atoms with van der Waals surface area (Å²) in [5, 5.41) is 3.56. The van der Waals surface area contributed by atoms with Crippen LogP contribution in [0.4, 0.5) is 0 Å². The number of hydrogen-bond acceptors (Lipinski definition) is 2. The van der Waals surface area contributed by atoms with Gasteiger partial charge in [-0.15, -0.1) is 0 Å². The Labute approximate surface area is 122 Å². The van der Waals surface area contributed by atoms with Crippen LogP contribution < -0.4 is 5.32 Å². The van der Waals surface area contributed by atoms with Gasteiger partial charge in [-0.05, 0) is 43.5 Å². The number of rotatable bonds is 6. The lowest BCUT2D eigenvalue weighted by Gasteiger charge is -2.21. The van der Waals surface area contributed by atoms with Crippen molar-refractivity contribution in [3.8, 4) is 0 Å². The van der Waals surface area contributed by atoms with Gasteiger partial charge in [0.05, 0.1) is 17.4 Å². The molecule has 1 unspecified atom stereocenters. The minimum Gasteiger partial charge on any atom is -0.326 e. The molecule has 0 fully saturated rings. The molecule has 0 radical (unpaired) electrons. The van der Waals surface area contributed by atoms with Gasteiger partial charge in [0.15, 0.2) is 0 Å². The van der Waals surface area contributed by atoms with Gasteiger partial charge in [0.1, 0.15) is 0 Å². The maximum atomic E-state index is 4.59. The van der Waals surface area contributed by atoms with Crippen molar-refractivity contribution in [3.05, 3.63) is 29.6 Å². The van der Waals surface area contributed by atoms with Crippen molar-refractivity contribution in [2.45, 2.75) is 59.5 Å². The fourth-order valence-electron chi connectivity index (χ4n) is 2.62. The molecule has 3 heteroatoms. The first-order valence-corrected chi connectivity index (χ1v) is 7.70. The number of imidazole rings is 1. The molecular formula is C17H27N3. The fraction of sp³-hybridized carbons (Fsp3) is 0.588. The van der Waals surface area contributed by atoms with Gasteiger partial charge in [-0.2, -0.15) is 0 Å². The second-order valence-electron chi connectivity index (χ2n) is 6.08. The van der Waals surface area contributed by atoms with Crippen molar-refractivity contribution in [1.82, 2.24) is 14.9 Å². The molecule has 0 aliphatic carbocycles. The van der Waals surface area contributed by atoms with E-state index in [1.54, 1.807) is 0 Å². The van der Waals surface area contributed by atoms with Gasteiger partial charge in [-0.3, -0.25) is 0 Å². The molecule has 0 spiro atoms. The second kappa shape index (κ2) is 6.40. The number of nitrogens with zero attached hydrogens (tertiary/aromatic N) is 2. The van der Waals surface area contributed by atoms with Crippen LogP contribution in [0.15, 0.2) is 18.5 Å². The van der Waals surface area contributed by atoms with Crippen LogP contribution in [0, 0.1) is 13.8 Å². The van der Waals surface area contributed by atoms with E-state index >= 15 is 0 Å². The number of benzene rings is 1. The molecule has 2 aromatic rings. The minimum absolute atomic E-state index is 0.481. The molecule has 0 saturated carbocycles. The van der Waals surface area contributed by atoms with E-state index in [4.69, 9.17) is 0 Å². The molecule has 0 saturated heterocycles. The molecular weight excluding hydrogens is 246 g/mol. The Kier molecular flexibility index (Phi) is 4.81. The number of aryl methyl sites for hydroxylation is 2. The van der Waals surface area contributed by atoms with E-state index in [1.807, 2.05) is 6.33 Å². The third-order valence-electron chi connectivity index (χ3n) is 3.97. The second-order valence-corrected chi connectivity index (χ2v) is 6.08. The first-order valence-electron chi connectivity index (χ1n) is 7.70. The molecule has 0 aliphatic rings. The predicted octanol–water partition coefficient (Wildman–Crippen LogP) is 3.99. The van der Waals surface area contributed by atoms with Gasteiger partial charge in [0.2, 0.25) is 0 Å². The molecule has 1 aromatic heterocycles. The molecule has 20 heavy (non-hydrogen) atoms. The molecule has 2 rings (SSSR count). The van der Waals surface area contributed by atoms with Gasteiger partial charge in [0.25, 0.3) is 0 Å². The minimum atomic E-state index is 0.481. The Hall–Kier alpha value is -1.35. The Morgan fingerprint density at radius 2 is 1.90 bits per heavy atom. The van der Waals surface area contributed by atoms with Crippen LogP contribution >= 0.6 is 0 Å². The zero-order chi connectivity index (χ0) is 14.7. The highest BCUT2D eigenvalue weighted by Crippen LogP contribution is 2.23. The quantitative estimate of drug-likeness (QED) is 0.862. The summed E-state index contributed by atoms with van der Waals surface area (Å²) in [5.41, 5.74) is 5.03. The summed E-state index contributed by atoms with van der Waals surface area (Å²) in [4.78, 5) is 4.59. The third kappa shape index (κ3) is 3.21. The van der Waals surface area contributed by atoms with E-state index in [-0.39, 0.29) is 0 Å². The molecule has 0 aliphatic heterocycles. The Morgan fingerprint density at radius 1 is 1.20 bits per heavy atom. The number of nitrogens with one attached hydrogen (secondary N) is 1. The summed E-state index contributed by atoms with van der Waals surface area (Å²) in [6.07, 6.45) is 4.37. The number of hydrogen-bond donors (Lipinski definition) is 1. The van der Waals surface area contributed by atoms with Crippen molar-refractivity contribution in [3.63, 3.8) is 0 Å². The van der Waals surface area contributed by atoms with E-state index in [2.05, 4.69) is 61.6 Å². The predicted molar refractivity (Wildman–Crippen MR) is 86.3 cm³/mol. The van der Waals surface area contributed by atoms with Crippen molar-refractivity contribution < 1.29 is 0 Å². The van der Waals surface area contributed by atoms with Gasteiger partial charge in [-0.1, -0.05) is 27.2 Å². The van der Waals surface area contributed by atoms with Gasteiger partial charge >= 0.3 is 0 Å². The third-order valence-corrected chi connectivity index (χ3v) is 3.97. The van der Waals surface area contributed by atoms with Crippen molar-refractivity contribution >= 4 is 11.0 Å². The first kappa shape index (κ1) is 15.0. The topological polar surface area (TPSA) is 29.9 Å². The maximum absolute atomic E-state index is 4.59. The zero-order valence-electron chi connectivity index (χ0n) is 13.4. The average Bonchev–Trinajstić information content (AvgIpc) is 2.78. The van der Waals surface area contributed by atoms with Crippen molar-refractivity contribution in [1.29, 1.82) is 0 Å². The zero-order valence-corrected chi connectivity index (χ0v) is 13.4. The summed E-state index contributed by atoms with van der Waals surface area (Å²) in [6, 6.07) is 5.47. The van der Waals surface area contributed by atoms with Crippen LogP contribution in [-0.2, 0) is 0 Å². The van der Waals surface area contributed by atoms with Gasteiger partial charge < -0.3 is 9.88 Å². The Bertz CT molecular complexity index is 569. The van der Waals surface area contributed by atoms with Gasteiger partial charge in [0, 0.05) is 18.6 Å². The maximum Gasteiger partial charge on any atom is 0.0961 e. The average molecular weight is 273 g/mol. The summed E-state index contributed by atoms with van der Waals surface area (Å²) < 4.78 is 2.35. The number of fused-ring (bicyclic) bond motifs is 1. The van der Waals surface area contributed by atoms with E-state index in [0.29, 0.717) is 12.1 Å². The molecule has 1 atom stereocenters. The monoisotopic (exact) mass is 273 g/mol. The standard InChI is InChI=1S/C17H27N3/c1-6-7-15(10-18-12(2)3)20-11-19-16-8-13(4)14(5)9-17(16)20/h8-9,11-12,15,18H,6-7,10H2,1-5H3. The van der Waals surface area contributed by atoms with Crippen molar-refractivity contribution in [2.75, 3.05) is 6.54 Å². The van der Waals surface area contributed by atoms with E-state index < -0.39 is 0 Å². The Balaban J connectivity index is 2.35. The normalized spacial score (nSPS) is 13.3. The summed E-state index contributed by atoms with van der Waals surface area (Å²) >= 11 is 0. The fourth-order valence-corrected chi connectivity index (χ4v) is 2.62. The molecule has 3 nitrogen and oxygen atoms in total. The van der Waals surface area contributed by atoms with Crippen molar-refractivity contribution in [2.24, 2.45) is 0 Å². The van der Waals surface area contributed by atoms with E-state index in [0.717, 1.165) is 12.1 Å². The molecule has 0 bridgehead atoms. The van der Waals surface area contributed by atoms with Crippen LogP contribution in [0.1, 0.15) is 50.8 Å². The first-order chi connectivity index (χ1) is 9.52. The molecule has 0 amide bonds.